The normalized spacial score (nSPS) is 10.3. The highest BCUT2D eigenvalue weighted by atomic mass is 35.5. The van der Waals surface area contributed by atoms with Crippen molar-refractivity contribution in [2.45, 2.75) is 6.92 Å². The van der Waals surface area contributed by atoms with Crippen LogP contribution in [0.25, 0.3) is 0 Å². The monoisotopic (exact) mass is 279 g/mol. The zero-order chi connectivity index (χ0) is 14.0. The zero-order valence-electron chi connectivity index (χ0n) is 10.1. The molecule has 0 amide bonds. The fourth-order valence-electron chi connectivity index (χ4n) is 1.69. The summed E-state index contributed by atoms with van der Waals surface area (Å²) in [7, 11) is 0. The van der Waals surface area contributed by atoms with Gasteiger partial charge in [-0.3, -0.25) is 0 Å². The smallest absolute Gasteiger partial charge is 0.337 e. The van der Waals surface area contributed by atoms with Gasteiger partial charge in [0.2, 0.25) is 0 Å². The summed E-state index contributed by atoms with van der Waals surface area (Å²) < 4.78 is 13.2. The SMILES string of the molecule is Cc1ccc(C(=O)O)c(Nc2cc(F)ccc2Cl)c1. The number of aromatic carboxylic acids is 1. The van der Waals surface area contributed by atoms with Crippen molar-refractivity contribution in [1.82, 2.24) is 0 Å². The van der Waals surface area contributed by atoms with Crippen LogP contribution in [0, 0.1) is 12.7 Å². The molecule has 0 spiro atoms. The summed E-state index contributed by atoms with van der Waals surface area (Å²) in [6, 6.07) is 8.73. The van der Waals surface area contributed by atoms with E-state index in [0.717, 1.165) is 5.56 Å². The molecule has 0 heterocycles. The van der Waals surface area contributed by atoms with Crippen molar-refractivity contribution >= 4 is 28.9 Å². The molecule has 0 atom stereocenters. The zero-order valence-corrected chi connectivity index (χ0v) is 10.8. The Morgan fingerprint density at radius 2 is 1.95 bits per heavy atom. The molecule has 0 radical (unpaired) electrons. The molecule has 0 aromatic heterocycles. The maximum absolute atomic E-state index is 13.2. The summed E-state index contributed by atoms with van der Waals surface area (Å²) in [5.74, 6) is -1.51. The van der Waals surface area contributed by atoms with Gasteiger partial charge in [-0.15, -0.1) is 0 Å². The minimum atomic E-state index is -1.06. The molecule has 0 aliphatic heterocycles. The minimum Gasteiger partial charge on any atom is -0.478 e. The van der Waals surface area contributed by atoms with Gasteiger partial charge < -0.3 is 10.4 Å². The highest BCUT2D eigenvalue weighted by molar-refractivity contribution is 6.33. The number of nitrogens with one attached hydrogen (secondary N) is 1. The summed E-state index contributed by atoms with van der Waals surface area (Å²) in [5, 5.41) is 12.3. The highest BCUT2D eigenvalue weighted by Gasteiger charge is 2.11. The molecule has 0 aliphatic carbocycles. The molecule has 0 bridgehead atoms. The highest BCUT2D eigenvalue weighted by Crippen LogP contribution is 2.28. The van der Waals surface area contributed by atoms with Crippen LogP contribution in [0.3, 0.4) is 0 Å². The van der Waals surface area contributed by atoms with Gasteiger partial charge in [-0.25, -0.2) is 9.18 Å². The van der Waals surface area contributed by atoms with Crippen molar-refractivity contribution in [3.05, 3.63) is 58.4 Å². The maximum Gasteiger partial charge on any atom is 0.337 e. The first-order chi connectivity index (χ1) is 8.97. The average Bonchev–Trinajstić information content (AvgIpc) is 2.33. The molecule has 0 unspecified atom stereocenters. The van der Waals surface area contributed by atoms with Crippen molar-refractivity contribution in [2.24, 2.45) is 0 Å². The van der Waals surface area contributed by atoms with E-state index in [9.17, 15) is 9.18 Å². The number of halogens is 2. The fraction of sp³-hybridized carbons (Fsp3) is 0.0714. The van der Waals surface area contributed by atoms with Crippen LogP contribution >= 0.6 is 11.6 Å². The van der Waals surface area contributed by atoms with Crippen molar-refractivity contribution < 1.29 is 14.3 Å². The molecule has 3 nitrogen and oxygen atoms in total. The number of hydrogen-bond donors (Lipinski definition) is 2. The predicted octanol–water partition coefficient (Wildman–Crippen LogP) is 4.23. The van der Waals surface area contributed by atoms with Gasteiger partial charge in [0.15, 0.2) is 0 Å². The molecular weight excluding hydrogens is 269 g/mol. The lowest BCUT2D eigenvalue weighted by molar-refractivity contribution is 0.0698. The van der Waals surface area contributed by atoms with E-state index in [2.05, 4.69) is 5.32 Å². The van der Waals surface area contributed by atoms with Crippen LogP contribution in [0.15, 0.2) is 36.4 Å². The molecular formula is C14H11ClFNO2. The average molecular weight is 280 g/mol. The Morgan fingerprint density at radius 3 is 2.63 bits per heavy atom. The number of carboxylic acid groups (broad SMARTS) is 1. The third-order valence-electron chi connectivity index (χ3n) is 2.60. The van der Waals surface area contributed by atoms with Gasteiger partial charge in [0, 0.05) is 0 Å². The van der Waals surface area contributed by atoms with Gasteiger partial charge in [0.05, 0.1) is 22.0 Å². The Morgan fingerprint density at radius 1 is 1.21 bits per heavy atom. The number of anilines is 2. The van der Waals surface area contributed by atoms with Crippen molar-refractivity contribution in [3.8, 4) is 0 Å². The van der Waals surface area contributed by atoms with Crippen molar-refractivity contribution in [3.63, 3.8) is 0 Å². The molecule has 5 heteroatoms. The number of aryl methyl sites for hydroxylation is 1. The van der Waals surface area contributed by atoms with Crippen LogP contribution < -0.4 is 5.32 Å². The summed E-state index contributed by atoms with van der Waals surface area (Å²) in [4.78, 5) is 11.1. The van der Waals surface area contributed by atoms with Gasteiger partial charge >= 0.3 is 5.97 Å². The van der Waals surface area contributed by atoms with Crippen LogP contribution in [-0.4, -0.2) is 11.1 Å². The Labute approximate surface area is 114 Å². The van der Waals surface area contributed by atoms with Gasteiger partial charge in [0.1, 0.15) is 5.82 Å². The molecule has 2 rings (SSSR count). The topological polar surface area (TPSA) is 49.3 Å². The van der Waals surface area contributed by atoms with E-state index in [1.54, 1.807) is 12.1 Å². The molecule has 98 valence electrons. The minimum absolute atomic E-state index is 0.103. The van der Waals surface area contributed by atoms with Crippen LogP contribution in [0.1, 0.15) is 15.9 Å². The van der Waals surface area contributed by atoms with Crippen molar-refractivity contribution in [1.29, 1.82) is 0 Å². The predicted molar refractivity (Wildman–Crippen MR) is 72.8 cm³/mol. The largest absolute Gasteiger partial charge is 0.478 e. The molecule has 0 saturated heterocycles. The van der Waals surface area contributed by atoms with Crippen LogP contribution in [0.2, 0.25) is 5.02 Å². The quantitative estimate of drug-likeness (QED) is 0.884. The number of hydrogen-bond acceptors (Lipinski definition) is 2. The Balaban J connectivity index is 2.45. The first-order valence-corrected chi connectivity index (χ1v) is 5.91. The number of rotatable bonds is 3. The standard InChI is InChI=1S/C14H11ClFNO2/c1-8-2-4-10(14(18)19)12(6-8)17-13-7-9(16)3-5-11(13)15/h2-7,17H,1H3,(H,18,19). The lowest BCUT2D eigenvalue weighted by Crippen LogP contribution is -2.03. The molecule has 19 heavy (non-hydrogen) atoms. The van der Waals surface area contributed by atoms with E-state index in [-0.39, 0.29) is 5.56 Å². The summed E-state index contributed by atoms with van der Waals surface area (Å²) in [5.41, 5.74) is 1.70. The molecule has 2 aromatic carbocycles. The summed E-state index contributed by atoms with van der Waals surface area (Å²) in [6.07, 6.45) is 0. The fourth-order valence-corrected chi connectivity index (χ4v) is 1.85. The van der Waals surface area contributed by atoms with Crippen LogP contribution in [0.4, 0.5) is 15.8 Å². The van der Waals surface area contributed by atoms with E-state index in [4.69, 9.17) is 16.7 Å². The van der Waals surface area contributed by atoms with Crippen molar-refractivity contribution in [2.75, 3.05) is 5.32 Å². The third-order valence-corrected chi connectivity index (χ3v) is 2.93. The molecule has 0 aliphatic rings. The lowest BCUT2D eigenvalue weighted by atomic mass is 10.1. The second kappa shape index (κ2) is 5.28. The molecule has 0 fully saturated rings. The maximum atomic E-state index is 13.2. The first kappa shape index (κ1) is 13.4. The lowest BCUT2D eigenvalue weighted by Gasteiger charge is -2.12. The van der Waals surface area contributed by atoms with Gasteiger partial charge in [-0.05, 0) is 42.8 Å². The molecule has 2 aromatic rings. The Hall–Kier alpha value is -2.07. The number of carboxylic acids is 1. The van der Waals surface area contributed by atoms with E-state index in [0.29, 0.717) is 16.4 Å². The second-order valence-electron chi connectivity index (χ2n) is 4.10. The summed E-state index contributed by atoms with van der Waals surface area (Å²) >= 11 is 5.94. The summed E-state index contributed by atoms with van der Waals surface area (Å²) in [6.45, 7) is 1.84. The number of benzene rings is 2. The first-order valence-electron chi connectivity index (χ1n) is 5.53. The van der Waals surface area contributed by atoms with E-state index in [1.165, 1.54) is 24.3 Å². The van der Waals surface area contributed by atoms with E-state index in [1.807, 2.05) is 6.92 Å². The van der Waals surface area contributed by atoms with Gasteiger partial charge in [-0.1, -0.05) is 17.7 Å². The molecule has 2 N–H and O–H groups in total. The van der Waals surface area contributed by atoms with Gasteiger partial charge in [-0.2, -0.15) is 0 Å². The number of carbonyl (C=O) groups is 1. The van der Waals surface area contributed by atoms with E-state index >= 15 is 0 Å². The van der Waals surface area contributed by atoms with Crippen LogP contribution in [-0.2, 0) is 0 Å². The second-order valence-corrected chi connectivity index (χ2v) is 4.51. The Kier molecular flexibility index (Phi) is 3.71. The van der Waals surface area contributed by atoms with E-state index < -0.39 is 11.8 Å². The van der Waals surface area contributed by atoms with Crippen LogP contribution in [0.5, 0.6) is 0 Å². The van der Waals surface area contributed by atoms with Gasteiger partial charge in [0.25, 0.3) is 0 Å². The third kappa shape index (κ3) is 3.03. The Bertz CT molecular complexity index is 643. The molecule has 0 saturated carbocycles.